The van der Waals surface area contributed by atoms with Gasteiger partial charge in [-0.1, -0.05) is 18.8 Å². The Morgan fingerprint density at radius 1 is 1.18 bits per heavy atom. The van der Waals surface area contributed by atoms with Crippen LogP contribution >= 0.6 is 23.6 Å². The number of aromatic nitrogens is 2. The Bertz CT molecular complexity index is 1390. The van der Waals surface area contributed by atoms with Crippen molar-refractivity contribution in [2.24, 2.45) is 22.9 Å². The number of aryl methyl sites for hydroxylation is 1. The van der Waals surface area contributed by atoms with Crippen LogP contribution < -0.4 is 15.6 Å². The van der Waals surface area contributed by atoms with E-state index in [-0.39, 0.29) is 17.7 Å². The summed E-state index contributed by atoms with van der Waals surface area (Å²) in [5.41, 5.74) is 8.74. The Morgan fingerprint density at radius 3 is 2.77 bits per heavy atom. The Morgan fingerprint density at radius 2 is 2.00 bits per heavy atom. The van der Waals surface area contributed by atoms with Crippen LogP contribution in [0.5, 0.6) is 0 Å². The van der Waals surface area contributed by atoms with Gasteiger partial charge in [-0.2, -0.15) is 5.10 Å². The van der Waals surface area contributed by atoms with E-state index in [0.29, 0.717) is 17.9 Å². The first-order valence-electron chi connectivity index (χ1n) is 14.0. The van der Waals surface area contributed by atoms with Gasteiger partial charge in [-0.25, -0.2) is 4.98 Å². The maximum absolute atomic E-state index is 13.2. The fourth-order valence-corrected chi connectivity index (χ4v) is 7.23. The summed E-state index contributed by atoms with van der Waals surface area (Å²) < 4.78 is 0. The van der Waals surface area contributed by atoms with Crippen molar-refractivity contribution in [2.75, 3.05) is 37.6 Å². The van der Waals surface area contributed by atoms with Crippen molar-refractivity contribution in [1.82, 2.24) is 25.6 Å². The van der Waals surface area contributed by atoms with Crippen molar-refractivity contribution >= 4 is 45.2 Å². The Labute approximate surface area is 245 Å². The van der Waals surface area contributed by atoms with Crippen LogP contribution in [0.15, 0.2) is 70.7 Å². The fraction of sp³-hybridized carbons (Fsp3) is 0.433. The van der Waals surface area contributed by atoms with Crippen LogP contribution in [0.2, 0.25) is 0 Å². The average Bonchev–Trinajstić information content (AvgIpc) is 3.74. The summed E-state index contributed by atoms with van der Waals surface area (Å²) >= 11 is 7.60. The van der Waals surface area contributed by atoms with Gasteiger partial charge in [-0.3, -0.25) is 20.1 Å². The first kappa shape index (κ1) is 27.0. The van der Waals surface area contributed by atoms with Gasteiger partial charge < -0.3 is 10.2 Å². The smallest absolute Gasteiger partial charge is 0.251 e. The Kier molecular flexibility index (Phi) is 7.91. The lowest BCUT2D eigenvalue weighted by atomic mass is 9.87. The third-order valence-electron chi connectivity index (χ3n) is 8.44. The van der Waals surface area contributed by atoms with E-state index in [0.717, 1.165) is 90.3 Å². The number of hydrazone groups is 1. The van der Waals surface area contributed by atoms with Crippen molar-refractivity contribution < 1.29 is 4.79 Å². The number of fused-ring (bicyclic) bond motifs is 1. The van der Waals surface area contributed by atoms with Gasteiger partial charge in [-0.05, 0) is 62.9 Å². The van der Waals surface area contributed by atoms with Crippen molar-refractivity contribution in [3.63, 3.8) is 0 Å². The molecule has 0 saturated carbocycles. The highest BCUT2D eigenvalue weighted by atomic mass is 32.1. The van der Waals surface area contributed by atoms with Gasteiger partial charge in [-0.15, -0.1) is 11.3 Å². The second-order valence-corrected chi connectivity index (χ2v) is 12.5. The van der Waals surface area contributed by atoms with E-state index in [1.54, 1.807) is 11.3 Å². The lowest BCUT2D eigenvalue weighted by molar-refractivity contribution is -0.117. The molecule has 2 saturated heterocycles. The predicted molar refractivity (Wildman–Crippen MR) is 164 cm³/mol. The van der Waals surface area contributed by atoms with Crippen LogP contribution in [0.4, 0.5) is 5.13 Å². The van der Waals surface area contributed by atoms with E-state index in [4.69, 9.17) is 12.2 Å². The summed E-state index contributed by atoms with van der Waals surface area (Å²) in [7, 11) is 0. The molecule has 8 nitrogen and oxygen atoms in total. The monoisotopic (exact) mass is 573 g/mol. The van der Waals surface area contributed by atoms with Crippen molar-refractivity contribution in [3.8, 4) is 0 Å². The quantitative estimate of drug-likeness (QED) is 0.361. The van der Waals surface area contributed by atoms with E-state index in [9.17, 15) is 4.79 Å². The molecule has 208 valence electrons. The molecule has 2 N–H and O–H groups in total. The number of hydrogen-bond donors (Lipinski definition) is 2. The van der Waals surface area contributed by atoms with Crippen molar-refractivity contribution in [1.29, 1.82) is 0 Å². The van der Waals surface area contributed by atoms with Crippen LogP contribution in [0.1, 0.15) is 36.9 Å². The minimum atomic E-state index is -0.0868. The molecule has 6 rings (SSSR count). The standard InChI is InChI=1S/C30H35N7OS2/c1-19-15-22(5-9-31-19)28-25-16-24(3-4-26(25)34-35-28)33-29(38)20(2)23-6-11-36(17-23)18-27(39)21-7-12-37(13-8-21)30-32-10-14-40-30/h3-5,9-10,14-15,21,23,25,34H,2,6-8,11-13,16-18H2,1H3,(H,33,38)/t23-,25?/m0/s1. The van der Waals surface area contributed by atoms with E-state index in [1.165, 1.54) is 0 Å². The molecule has 2 fully saturated rings. The number of carbonyl (C=O) groups excluding carboxylic acids is 1. The molecule has 40 heavy (non-hydrogen) atoms. The lowest BCUT2D eigenvalue weighted by Gasteiger charge is -2.33. The molecular weight excluding hydrogens is 539 g/mol. The van der Waals surface area contributed by atoms with E-state index in [2.05, 4.69) is 42.2 Å². The average molecular weight is 574 g/mol. The SMILES string of the molecule is C=C(C(=O)NC1=CC=C2NN=C(c3ccnc(C)c3)C2C1)[C@H]1CCN(CC(=S)C2CCN(c3nccs3)CC2)C1. The van der Waals surface area contributed by atoms with E-state index >= 15 is 0 Å². The number of rotatable bonds is 8. The predicted octanol–water partition coefficient (Wildman–Crippen LogP) is 4.22. The van der Waals surface area contributed by atoms with Crippen LogP contribution in [0, 0.1) is 24.7 Å². The van der Waals surface area contributed by atoms with Crippen LogP contribution in [-0.2, 0) is 4.79 Å². The van der Waals surface area contributed by atoms with Crippen LogP contribution in [0.25, 0.3) is 0 Å². The highest BCUT2D eigenvalue weighted by Gasteiger charge is 2.33. The number of nitrogens with one attached hydrogen (secondary N) is 2. The Hall–Kier alpha value is -3.21. The lowest BCUT2D eigenvalue weighted by Crippen LogP contribution is -2.39. The zero-order valence-electron chi connectivity index (χ0n) is 22.8. The highest BCUT2D eigenvalue weighted by Crippen LogP contribution is 2.32. The molecule has 5 heterocycles. The van der Waals surface area contributed by atoms with Crippen molar-refractivity contribution in [3.05, 3.63) is 76.9 Å². The molecule has 10 heteroatoms. The maximum Gasteiger partial charge on any atom is 0.251 e. The molecular formula is C30H35N7OS2. The van der Waals surface area contributed by atoms with Gasteiger partial charge in [0, 0.05) is 89.4 Å². The molecule has 1 aliphatic carbocycles. The number of hydrogen-bond acceptors (Lipinski definition) is 9. The minimum Gasteiger partial charge on any atom is -0.348 e. The van der Waals surface area contributed by atoms with Gasteiger partial charge in [0.15, 0.2) is 5.13 Å². The minimum absolute atomic E-state index is 0.0868. The molecule has 2 atom stereocenters. The molecule has 3 aliphatic heterocycles. The normalized spacial score (nSPS) is 23.1. The number of likely N-dealkylation sites (tertiary alicyclic amines) is 1. The molecule has 4 aliphatic rings. The number of anilines is 1. The summed E-state index contributed by atoms with van der Waals surface area (Å²) in [4.78, 5) is 27.9. The largest absolute Gasteiger partial charge is 0.348 e. The molecule has 0 aromatic carbocycles. The van der Waals surface area contributed by atoms with E-state index < -0.39 is 0 Å². The van der Waals surface area contributed by atoms with Gasteiger partial charge >= 0.3 is 0 Å². The highest BCUT2D eigenvalue weighted by molar-refractivity contribution is 7.80. The van der Waals surface area contributed by atoms with Gasteiger partial charge in [0.25, 0.3) is 5.91 Å². The third-order valence-corrected chi connectivity index (χ3v) is 9.74. The second-order valence-electron chi connectivity index (χ2n) is 11.1. The number of allylic oxidation sites excluding steroid dienone is 4. The summed E-state index contributed by atoms with van der Waals surface area (Å²) in [6.07, 6.45) is 11.5. The van der Waals surface area contributed by atoms with Gasteiger partial charge in [0.2, 0.25) is 0 Å². The summed E-state index contributed by atoms with van der Waals surface area (Å²) in [6, 6.07) is 4.03. The van der Waals surface area contributed by atoms with Crippen LogP contribution in [0.3, 0.4) is 0 Å². The number of nitrogens with zero attached hydrogens (tertiary/aromatic N) is 5. The van der Waals surface area contributed by atoms with Gasteiger partial charge in [0.05, 0.1) is 11.6 Å². The summed E-state index contributed by atoms with van der Waals surface area (Å²) in [5, 5.41) is 10.9. The first-order valence-corrected chi connectivity index (χ1v) is 15.3. The number of thiocarbonyl (C=S) groups is 1. The number of piperidine rings is 1. The molecule has 0 bridgehead atoms. The number of amides is 1. The second kappa shape index (κ2) is 11.7. The number of thiazole rings is 1. The molecule has 2 aromatic rings. The maximum atomic E-state index is 13.2. The number of pyridine rings is 1. The third kappa shape index (κ3) is 5.80. The molecule has 1 unspecified atom stereocenters. The summed E-state index contributed by atoms with van der Waals surface area (Å²) in [5.74, 6) is 0.625. The van der Waals surface area contributed by atoms with Crippen LogP contribution in [-0.4, -0.2) is 64.1 Å². The van der Waals surface area contributed by atoms with E-state index in [1.807, 2.05) is 49.0 Å². The zero-order chi connectivity index (χ0) is 27.6. The molecule has 1 amide bonds. The fourth-order valence-electron chi connectivity index (χ4n) is 6.12. The van der Waals surface area contributed by atoms with Crippen molar-refractivity contribution in [2.45, 2.75) is 32.6 Å². The summed E-state index contributed by atoms with van der Waals surface area (Å²) in [6.45, 7) is 10.8. The molecule has 0 radical (unpaired) electrons. The first-order chi connectivity index (χ1) is 19.4. The topological polar surface area (TPSA) is 85.7 Å². The molecule has 0 spiro atoms. The molecule has 2 aromatic heterocycles. The van der Waals surface area contributed by atoms with Gasteiger partial charge in [0.1, 0.15) is 0 Å². The zero-order valence-corrected chi connectivity index (χ0v) is 24.4. The Balaban J connectivity index is 0.978. The number of carbonyl (C=O) groups is 1.